The van der Waals surface area contributed by atoms with Crippen molar-refractivity contribution in [3.05, 3.63) is 199 Å². The topological polar surface area (TPSA) is 61.0 Å². The predicted molar refractivity (Wildman–Crippen MR) is 235 cm³/mol. The van der Waals surface area contributed by atoms with Crippen molar-refractivity contribution in [2.75, 3.05) is 0 Å². The van der Waals surface area contributed by atoms with Gasteiger partial charge in [0.2, 0.25) is 0 Å². The average molecular weight is 744 g/mol. The van der Waals surface area contributed by atoms with Crippen LogP contribution in [0.2, 0.25) is 0 Å². The normalized spacial score (nSPS) is 15.8. The van der Waals surface area contributed by atoms with Gasteiger partial charge in [-0.25, -0.2) is 15.0 Å². The Morgan fingerprint density at radius 1 is 0.448 bits per heavy atom. The molecule has 5 nitrogen and oxygen atoms in total. The zero-order valence-electron chi connectivity index (χ0n) is 31.2. The lowest BCUT2D eigenvalue weighted by Crippen LogP contribution is -2.20. The molecule has 12 rings (SSSR count). The van der Waals surface area contributed by atoms with Crippen LogP contribution in [0.5, 0.6) is 5.75 Å². The van der Waals surface area contributed by atoms with Crippen molar-refractivity contribution in [2.45, 2.75) is 12.0 Å². The molecule has 2 aromatic heterocycles. The summed E-state index contributed by atoms with van der Waals surface area (Å²) in [6.45, 7) is 0. The van der Waals surface area contributed by atoms with E-state index in [0.29, 0.717) is 17.5 Å². The van der Waals surface area contributed by atoms with Gasteiger partial charge in [0.05, 0.1) is 5.92 Å². The number of ether oxygens (including phenoxy) is 1. The van der Waals surface area contributed by atoms with Gasteiger partial charge >= 0.3 is 0 Å². The van der Waals surface area contributed by atoms with Crippen LogP contribution < -0.4 is 4.74 Å². The minimum atomic E-state index is -0.122. The van der Waals surface area contributed by atoms with Gasteiger partial charge in [-0.2, -0.15) is 0 Å². The lowest BCUT2D eigenvalue weighted by atomic mass is 9.84. The second-order valence-corrected chi connectivity index (χ2v) is 15.0. The van der Waals surface area contributed by atoms with Gasteiger partial charge in [0.25, 0.3) is 0 Å². The van der Waals surface area contributed by atoms with Gasteiger partial charge in [-0.1, -0.05) is 164 Å². The van der Waals surface area contributed by atoms with Gasteiger partial charge in [0.1, 0.15) is 23.0 Å². The van der Waals surface area contributed by atoms with Gasteiger partial charge in [0, 0.05) is 38.6 Å². The minimum Gasteiger partial charge on any atom is -0.485 e. The van der Waals surface area contributed by atoms with Crippen molar-refractivity contribution in [1.82, 2.24) is 15.0 Å². The molecule has 2 aliphatic rings. The van der Waals surface area contributed by atoms with Crippen molar-refractivity contribution in [3.8, 4) is 50.8 Å². The Kier molecular flexibility index (Phi) is 7.29. The summed E-state index contributed by atoms with van der Waals surface area (Å²) in [7, 11) is 0. The molecule has 2 unspecified atom stereocenters. The molecule has 58 heavy (non-hydrogen) atoms. The standard InChI is InChI=1S/C53H33N3O2/c1-2-15-33(16-3-1)51-54-52(56-53(55-51)44-26-13-28-46-49(44)42-21-8-9-27-45(42)57-46)41-31-30-38(36-19-6-7-20-37(36)41)39-23-12-29-47-48(39)43-25-11-24-40(50(43)58-47)35-22-10-17-32-14-4-5-18-34(32)35/h1-31,46,49H. The third-order valence-electron chi connectivity index (χ3n) is 11.7. The van der Waals surface area contributed by atoms with Gasteiger partial charge < -0.3 is 9.15 Å². The molecule has 0 bridgehead atoms. The molecule has 0 amide bonds. The second-order valence-electron chi connectivity index (χ2n) is 15.0. The van der Waals surface area contributed by atoms with Gasteiger partial charge in [-0.3, -0.25) is 0 Å². The second kappa shape index (κ2) is 13.0. The Labute approximate surface area is 334 Å². The SMILES string of the molecule is C1=CC2Oc3ccccc3C2C(c2nc(-c3ccccc3)nc(-c3ccc(-c4cccc5oc6c(-c7cccc8ccccc78)cccc6c45)c4ccccc34)n2)=C1. The summed E-state index contributed by atoms with van der Waals surface area (Å²) in [4.78, 5) is 15.6. The highest BCUT2D eigenvalue weighted by Crippen LogP contribution is 2.48. The number of benzene rings is 8. The monoisotopic (exact) mass is 743 g/mol. The molecule has 0 radical (unpaired) electrons. The fourth-order valence-corrected chi connectivity index (χ4v) is 9.13. The average Bonchev–Trinajstić information content (AvgIpc) is 3.88. The van der Waals surface area contributed by atoms with E-state index < -0.39 is 0 Å². The first-order valence-electron chi connectivity index (χ1n) is 19.7. The quantitative estimate of drug-likeness (QED) is 0.176. The third-order valence-corrected chi connectivity index (χ3v) is 11.7. The minimum absolute atomic E-state index is 0.0226. The van der Waals surface area contributed by atoms with Crippen LogP contribution in [0.4, 0.5) is 0 Å². The molecule has 8 aromatic carbocycles. The van der Waals surface area contributed by atoms with E-state index in [0.717, 1.165) is 83.0 Å². The van der Waals surface area contributed by atoms with Crippen molar-refractivity contribution in [2.24, 2.45) is 0 Å². The number of aromatic nitrogens is 3. The summed E-state index contributed by atoms with van der Waals surface area (Å²) in [5.74, 6) is 2.78. The van der Waals surface area contributed by atoms with Gasteiger partial charge in [-0.15, -0.1) is 0 Å². The maximum Gasteiger partial charge on any atom is 0.164 e. The zero-order valence-corrected chi connectivity index (χ0v) is 31.2. The van der Waals surface area contributed by atoms with Crippen LogP contribution in [0, 0.1) is 0 Å². The van der Waals surface area contributed by atoms with Crippen LogP contribution in [0.15, 0.2) is 193 Å². The lowest BCUT2D eigenvalue weighted by Gasteiger charge is -2.22. The summed E-state index contributed by atoms with van der Waals surface area (Å²) in [5.41, 5.74) is 10.2. The van der Waals surface area contributed by atoms with Crippen LogP contribution in [0.1, 0.15) is 17.3 Å². The van der Waals surface area contributed by atoms with E-state index in [1.165, 1.54) is 10.8 Å². The first kappa shape index (κ1) is 32.6. The first-order valence-corrected chi connectivity index (χ1v) is 19.7. The number of rotatable bonds is 5. The number of fused-ring (bicyclic) bond motifs is 8. The number of nitrogens with zero attached hydrogens (tertiary/aromatic N) is 3. The van der Waals surface area contributed by atoms with E-state index >= 15 is 0 Å². The summed E-state index contributed by atoms with van der Waals surface area (Å²) in [6.07, 6.45) is 6.18. The highest BCUT2D eigenvalue weighted by molar-refractivity contribution is 6.19. The summed E-state index contributed by atoms with van der Waals surface area (Å²) in [5, 5.41) is 6.75. The van der Waals surface area contributed by atoms with E-state index in [9.17, 15) is 0 Å². The predicted octanol–water partition coefficient (Wildman–Crippen LogP) is 13.2. The molecule has 0 spiro atoms. The highest BCUT2D eigenvalue weighted by Gasteiger charge is 2.38. The van der Waals surface area contributed by atoms with Crippen LogP contribution in [-0.4, -0.2) is 21.1 Å². The van der Waals surface area contributed by atoms with E-state index in [1.807, 2.05) is 30.3 Å². The Morgan fingerprint density at radius 2 is 1.09 bits per heavy atom. The van der Waals surface area contributed by atoms with E-state index in [-0.39, 0.29) is 12.0 Å². The largest absolute Gasteiger partial charge is 0.485 e. The van der Waals surface area contributed by atoms with Crippen molar-refractivity contribution < 1.29 is 9.15 Å². The Bertz CT molecular complexity index is 3340. The fourth-order valence-electron chi connectivity index (χ4n) is 9.13. The van der Waals surface area contributed by atoms with Crippen molar-refractivity contribution in [3.63, 3.8) is 0 Å². The summed E-state index contributed by atoms with van der Waals surface area (Å²) < 4.78 is 13.2. The number of hydrogen-bond acceptors (Lipinski definition) is 5. The molecular formula is C53H33N3O2. The maximum absolute atomic E-state index is 6.79. The van der Waals surface area contributed by atoms with Crippen molar-refractivity contribution >= 4 is 49.1 Å². The number of hydrogen-bond donors (Lipinski definition) is 0. The Hall–Kier alpha value is -7.63. The van der Waals surface area contributed by atoms with Gasteiger partial charge in [-0.05, 0) is 62.5 Å². The lowest BCUT2D eigenvalue weighted by molar-refractivity contribution is 0.271. The molecule has 10 aromatic rings. The van der Waals surface area contributed by atoms with E-state index in [1.54, 1.807) is 0 Å². The highest BCUT2D eigenvalue weighted by atomic mass is 16.5. The van der Waals surface area contributed by atoms with Crippen LogP contribution >= 0.6 is 0 Å². The molecular weight excluding hydrogens is 711 g/mol. The smallest absolute Gasteiger partial charge is 0.164 e. The molecule has 0 fully saturated rings. The van der Waals surface area contributed by atoms with Crippen LogP contribution in [0.25, 0.3) is 94.1 Å². The number of allylic oxidation sites excluding steroid dienone is 2. The number of para-hydroxylation sites is 2. The molecule has 3 heterocycles. The third kappa shape index (κ3) is 5.07. The van der Waals surface area contributed by atoms with Crippen molar-refractivity contribution in [1.29, 1.82) is 0 Å². The van der Waals surface area contributed by atoms with Crippen LogP contribution in [0.3, 0.4) is 0 Å². The Balaban J connectivity index is 1.04. The maximum atomic E-state index is 6.79. The molecule has 272 valence electrons. The molecule has 1 aliphatic carbocycles. The van der Waals surface area contributed by atoms with E-state index in [4.69, 9.17) is 24.1 Å². The summed E-state index contributed by atoms with van der Waals surface area (Å²) >= 11 is 0. The molecule has 1 aliphatic heterocycles. The Morgan fingerprint density at radius 3 is 2.00 bits per heavy atom. The molecule has 2 atom stereocenters. The van der Waals surface area contributed by atoms with Crippen LogP contribution in [-0.2, 0) is 0 Å². The zero-order chi connectivity index (χ0) is 38.2. The van der Waals surface area contributed by atoms with E-state index in [2.05, 4.69) is 158 Å². The first-order chi connectivity index (χ1) is 28.8. The number of furan rings is 1. The molecule has 0 saturated heterocycles. The summed E-state index contributed by atoms with van der Waals surface area (Å²) in [6, 6.07) is 59.3. The molecule has 5 heteroatoms. The fraction of sp³-hybridized carbons (Fsp3) is 0.0377. The van der Waals surface area contributed by atoms with Gasteiger partial charge in [0.15, 0.2) is 17.5 Å². The molecule has 0 saturated carbocycles. The molecule has 0 N–H and O–H groups in total.